The van der Waals surface area contributed by atoms with E-state index in [2.05, 4.69) is 39.8 Å². The molecule has 8 heteroatoms. The maximum absolute atomic E-state index is 12.6. The number of carbonyl (C=O) groups is 1. The van der Waals surface area contributed by atoms with Gasteiger partial charge >= 0.3 is 5.97 Å². The molecule has 9 atom stereocenters. The van der Waals surface area contributed by atoms with E-state index in [9.17, 15) is 4.79 Å². The monoisotopic (exact) mass is 516 g/mol. The Balaban J connectivity index is 1.68. The van der Waals surface area contributed by atoms with Crippen molar-refractivity contribution in [3.63, 3.8) is 0 Å². The van der Waals surface area contributed by atoms with Crippen LogP contribution in [0.5, 0.6) is 0 Å². The van der Waals surface area contributed by atoms with Crippen molar-refractivity contribution in [3.8, 4) is 0 Å². The maximum Gasteiger partial charge on any atom is 0.303 e. The van der Waals surface area contributed by atoms with Crippen molar-refractivity contribution in [2.75, 3.05) is 27.4 Å². The van der Waals surface area contributed by atoms with Crippen LogP contribution < -0.4 is 0 Å². The first-order valence-electron chi connectivity index (χ1n) is 13.2. The lowest BCUT2D eigenvalue weighted by molar-refractivity contribution is -0.321. The Bertz CT molecular complexity index is 1060. The fourth-order valence-electron chi connectivity index (χ4n) is 8.66. The summed E-state index contributed by atoms with van der Waals surface area (Å²) in [6.45, 7) is 11.1. The highest BCUT2D eigenvalue weighted by Crippen LogP contribution is 2.70. The van der Waals surface area contributed by atoms with Gasteiger partial charge < -0.3 is 13.9 Å². The lowest BCUT2D eigenvalue weighted by Gasteiger charge is -2.63. The highest BCUT2D eigenvalue weighted by atomic mass is 17.2. The van der Waals surface area contributed by atoms with Gasteiger partial charge in [-0.25, -0.2) is 19.6 Å². The first kappa shape index (κ1) is 26.6. The molecule has 37 heavy (non-hydrogen) atoms. The minimum Gasteiger partial charge on any atom is -0.472 e. The molecule has 2 fully saturated rings. The minimum absolute atomic E-state index is 0.0200. The van der Waals surface area contributed by atoms with Crippen molar-refractivity contribution in [1.82, 2.24) is 0 Å². The smallest absolute Gasteiger partial charge is 0.303 e. The maximum atomic E-state index is 12.6. The molecule has 3 unspecified atom stereocenters. The summed E-state index contributed by atoms with van der Waals surface area (Å²) in [5.74, 6) is -0.165. The van der Waals surface area contributed by atoms with E-state index in [1.165, 1.54) is 25.2 Å². The second-order valence-corrected chi connectivity index (χ2v) is 11.9. The standard InChI is InChI=1S/C29H40O8/c1-17-20(19-9-12-33-14-19)13-21-23(17)29(5)22(15-34-31-6)28(4)11-8-10-27(3,16-35-32-7)25(28)24(26(29)37-21)36-18(2)30/h8-10,12,14,20-22,24-26H,11,13,15-16H2,1-7H3/t20?,21?,22-,24-,25+,26?,27+,28-,29-/m1/s1. The van der Waals surface area contributed by atoms with Crippen molar-refractivity contribution < 1.29 is 38.2 Å². The van der Waals surface area contributed by atoms with Gasteiger partial charge in [-0.3, -0.25) is 4.79 Å². The number of esters is 1. The highest BCUT2D eigenvalue weighted by molar-refractivity contribution is 5.66. The van der Waals surface area contributed by atoms with Crippen molar-refractivity contribution in [3.05, 3.63) is 47.5 Å². The molecule has 0 N–H and O–H groups in total. The van der Waals surface area contributed by atoms with Crippen LogP contribution in [0.1, 0.15) is 58.9 Å². The number of hydrogen-bond acceptors (Lipinski definition) is 8. The van der Waals surface area contributed by atoms with E-state index < -0.39 is 16.9 Å². The van der Waals surface area contributed by atoms with Gasteiger partial charge in [0.15, 0.2) is 0 Å². The number of hydrogen-bond donors (Lipinski definition) is 0. The molecule has 0 aromatic carbocycles. The minimum atomic E-state index is -0.472. The van der Waals surface area contributed by atoms with Crippen LogP contribution in [0.25, 0.3) is 0 Å². The van der Waals surface area contributed by atoms with Crippen molar-refractivity contribution in [2.45, 2.75) is 71.7 Å². The lowest BCUT2D eigenvalue weighted by Crippen LogP contribution is -2.67. The summed E-state index contributed by atoms with van der Waals surface area (Å²) in [7, 11) is 3.06. The summed E-state index contributed by atoms with van der Waals surface area (Å²) in [6, 6.07) is 2.04. The molecule has 0 amide bonds. The molecule has 0 radical (unpaired) electrons. The van der Waals surface area contributed by atoms with Gasteiger partial charge in [-0.05, 0) is 42.4 Å². The van der Waals surface area contributed by atoms with Crippen LogP contribution >= 0.6 is 0 Å². The summed E-state index contributed by atoms with van der Waals surface area (Å²) in [5.41, 5.74) is 2.55. The Morgan fingerprint density at radius 1 is 1.16 bits per heavy atom. The van der Waals surface area contributed by atoms with Crippen LogP contribution in [-0.2, 0) is 33.8 Å². The average molecular weight is 517 g/mol. The Hall–Kier alpha value is -1.97. The molecule has 1 aromatic heterocycles. The molecule has 1 saturated carbocycles. The van der Waals surface area contributed by atoms with E-state index in [-0.39, 0.29) is 41.3 Å². The molecule has 1 saturated heterocycles. The molecule has 5 rings (SSSR count). The fraction of sp³-hybridized carbons (Fsp3) is 0.690. The lowest BCUT2D eigenvalue weighted by atomic mass is 9.42. The zero-order chi connectivity index (χ0) is 26.6. The summed E-state index contributed by atoms with van der Waals surface area (Å²) in [6.07, 6.45) is 8.71. The van der Waals surface area contributed by atoms with Gasteiger partial charge in [-0.15, -0.1) is 0 Å². The zero-order valence-corrected chi connectivity index (χ0v) is 22.9. The Kier molecular flexibility index (Phi) is 6.94. The van der Waals surface area contributed by atoms with E-state index in [0.717, 1.165) is 18.4 Å². The normalized spacial score (nSPS) is 42.5. The molecule has 4 aliphatic rings. The predicted octanol–water partition coefficient (Wildman–Crippen LogP) is 5.16. The molecule has 1 aliphatic heterocycles. The fourth-order valence-corrected chi connectivity index (χ4v) is 8.66. The van der Waals surface area contributed by atoms with Crippen molar-refractivity contribution in [2.24, 2.45) is 28.1 Å². The number of ether oxygens (including phenoxy) is 2. The summed E-state index contributed by atoms with van der Waals surface area (Å²) in [5, 5.41) is 0. The zero-order valence-electron chi connectivity index (χ0n) is 22.9. The summed E-state index contributed by atoms with van der Waals surface area (Å²) < 4.78 is 18.6. The van der Waals surface area contributed by atoms with Crippen LogP contribution in [0.3, 0.4) is 0 Å². The van der Waals surface area contributed by atoms with Gasteiger partial charge in [0.1, 0.15) is 12.2 Å². The molecule has 0 bridgehead atoms. The van der Waals surface area contributed by atoms with Gasteiger partial charge in [0, 0.05) is 35.5 Å². The number of rotatable bonds is 8. The van der Waals surface area contributed by atoms with Gasteiger partial charge in [-0.1, -0.05) is 38.5 Å². The topological polar surface area (TPSA) is 85.6 Å². The van der Waals surface area contributed by atoms with E-state index in [1.807, 2.05) is 12.3 Å². The van der Waals surface area contributed by atoms with E-state index in [0.29, 0.717) is 13.2 Å². The van der Waals surface area contributed by atoms with E-state index in [4.69, 9.17) is 33.4 Å². The van der Waals surface area contributed by atoms with Crippen LogP contribution in [0, 0.1) is 28.1 Å². The number of fused-ring (bicyclic) bond motifs is 4. The van der Waals surface area contributed by atoms with E-state index >= 15 is 0 Å². The molecule has 204 valence electrons. The summed E-state index contributed by atoms with van der Waals surface area (Å²) in [4.78, 5) is 34.0. The largest absolute Gasteiger partial charge is 0.472 e. The average Bonchev–Trinajstić information content (AvgIpc) is 3.54. The molecule has 3 aliphatic carbocycles. The molecule has 2 heterocycles. The molecular formula is C29H40O8. The molecule has 1 aromatic rings. The summed E-state index contributed by atoms with van der Waals surface area (Å²) >= 11 is 0. The Morgan fingerprint density at radius 2 is 1.92 bits per heavy atom. The first-order valence-corrected chi connectivity index (χ1v) is 13.2. The van der Waals surface area contributed by atoms with Crippen LogP contribution in [-0.4, -0.2) is 51.7 Å². The molecule has 8 nitrogen and oxygen atoms in total. The first-order chi connectivity index (χ1) is 17.6. The second-order valence-electron chi connectivity index (χ2n) is 11.9. The quantitative estimate of drug-likeness (QED) is 0.203. The second kappa shape index (κ2) is 9.65. The SMILES string of the molecule is COOC[C@@H]1[C@@]2(C)CC=C[C@@](C)(COOC)[C@@H]2[C@@H](OC(C)=O)C2OC3CC(c4ccoc4)C(C)=C3[C@]21C. The number of allylic oxidation sites excluding steroid dienone is 2. The molecule has 0 spiro atoms. The van der Waals surface area contributed by atoms with Crippen LogP contribution in [0.2, 0.25) is 0 Å². The van der Waals surface area contributed by atoms with Crippen LogP contribution in [0.15, 0.2) is 46.3 Å². The Labute approximate surface area is 219 Å². The van der Waals surface area contributed by atoms with Crippen molar-refractivity contribution in [1.29, 1.82) is 0 Å². The predicted molar refractivity (Wildman–Crippen MR) is 134 cm³/mol. The number of carbonyl (C=O) groups excluding carboxylic acids is 1. The van der Waals surface area contributed by atoms with E-state index in [1.54, 1.807) is 13.4 Å². The van der Waals surface area contributed by atoms with Gasteiger partial charge in [0.25, 0.3) is 0 Å². The number of furan rings is 1. The van der Waals surface area contributed by atoms with Gasteiger partial charge in [-0.2, -0.15) is 0 Å². The third-order valence-corrected chi connectivity index (χ3v) is 9.91. The van der Waals surface area contributed by atoms with Crippen LogP contribution in [0.4, 0.5) is 0 Å². The molecular weight excluding hydrogens is 476 g/mol. The highest BCUT2D eigenvalue weighted by Gasteiger charge is 2.72. The van der Waals surface area contributed by atoms with Gasteiger partial charge in [0.05, 0.1) is 46.1 Å². The Morgan fingerprint density at radius 3 is 2.57 bits per heavy atom. The third-order valence-electron chi connectivity index (χ3n) is 9.91. The third kappa shape index (κ3) is 3.95. The van der Waals surface area contributed by atoms with Crippen molar-refractivity contribution >= 4 is 5.97 Å². The van der Waals surface area contributed by atoms with Gasteiger partial charge in [0.2, 0.25) is 0 Å².